The van der Waals surface area contributed by atoms with E-state index in [0.29, 0.717) is 6.42 Å². The molecule has 1 atom stereocenters. The van der Waals surface area contributed by atoms with Gasteiger partial charge in [0, 0.05) is 70.2 Å². The van der Waals surface area contributed by atoms with Crippen LogP contribution in [0.4, 0.5) is 11.4 Å². The topological polar surface area (TPSA) is 68.3 Å². The molecule has 1 unspecified atom stereocenters. The summed E-state index contributed by atoms with van der Waals surface area (Å²) >= 11 is 0. The summed E-state index contributed by atoms with van der Waals surface area (Å²) in [4.78, 5) is 18.7. The molecule has 3 aliphatic heterocycles. The lowest BCUT2D eigenvalue weighted by Gasteiger charge is -2.39. The Balaban J connectivity index is 1.29. The molecule has 0 aromatic heterocycles. The number of anilines is 2. The molecular weight excluding hydrogens is 344 g/mol. The van der Waals surface area contributed by atoms with Crippen molar-refractivity contribution in [2.75, 3.05) is 75.8 Å². The molecule has 1 amide bonds. The number of nitrogens with zero attached hydrogens (tertiary/aromatic N) is 3. The van der Waals surface area contributed by atoms with E-state index in [9.17, 15) is 9.90 Å². The fourth-order valence-electron chi connectivity index (χ4n) is 4.31. The largest absolute Gasteiger partial charge is 0.390 e. The quantitative estimate of drug-likeness (QED) is 0.777. The van der Waals surface area contributed by atoms with Crippen molar-refractivity contribution in [3.63, 3.8) is 0 Å². The molecule has 0 spiro atoms. The second-order valence-corrected chi connectivity index (χ2v) is 7.71. The maximum atomic E-state index is 11.6. The van der Waals surface area contributed by atoms with Crippen molar-refractivity contribution in [3.8, 4) is 0 Å². The Morgan fingerprint density at radius 2 is 1.70 bits per heavy atom. The van der Waals surface area contributed by atoms with Crippen molar-refractivity contribution < 1.29 is 14.6 Å². The van der Waals surface area contributed by atoms with E-state index in [-0.39, 0.29) is 12.0 Å². The number of ether oxygens (including phenoxy) is 1. The predicted octanol–water partition coefficient (Wildman–Crippen LogP) is 0.386. The second-order valence-electron chi connectivity index (χ2n) is 7.71. The van der Waals surface area contributed by atoms with Crippen LogP contribution in [0, 0.1) is 0 Å². The van der Waals surface area contributed by atoms with Crippen LogP contribution < -0.4 is 10.2 Å². The number of β-amino-alcohol motifs (C(OH)–C–C–N with tert-alkyl or cyclic N) is 1. The van der Waals surface area contributed by atoms with Crippen LogP contribution in [0.15, 0.2) is 18.2 Å². The number of hydrogen-bond acceptors (Lipinski definition) is 6. The number of aliphatic hydroxyl groups excluding tert-OH is 1. The molecule has 1 aromatic rings. The average molecular weight is 374 g/mol. The van der Waals surface area contributed by atoms with Gasteiger partial charge in [-0.3, -0.25) is 14.6 Å². The van der Waals surface area contributed by atoms with E-state index in [0.717, 1.165) is 77.7 Å². The van der Waals surface area contributed by atoms with Gasteiger partial charge in [-0.05, 0) is 24.1 Å². The summed E-state index contributed by atoms with van der Waals surface area (Å²) in [6.07, 6.45) is 1.07. The SMILES string of the molecule is O=C1CCc2c(cccc2N2CCN(CC(O)CN3CCOCC3)CC2)N1. The number of amides is 1. The van der Waals surface area contributed by atoms with Crippen LogP contribution in [-0.4, -0.2) is 92.5 Å². The van der Waals surface area contributed by atoms with E-state index in [1.807, 2.05) is 12.1 Å². The Morgan fingerprint density at radius 3 is 2.44 bits per heavy atom. The fourth-order valence-corrected chi connectivity index (χ4v) is 4.31. The summed E-state index contributed by atoms with van der Waals surface area (Å²) in [5.41, 5.74) is 3.48. The first-order chi connectivity index (χ1) is 13.2. The van der Waals surface area contributed by atoms with E-state index in [1.54, 1.807) is 0 Å². The number of morpholine rings is 1. The summed E-state index contributed by atoms with van der Waals surface area (Å²) in [5, 5.41) is 13.4. The molecule has 0 bridgehead atoms. The summed E-state index contributed by atoms with van der Waals surface area (Å²) < 4.78 is 5.37. The van der Waals surface area contributed by atoms with Gasteiger partial charge in [-0.25, -0.2) is 0 Å². The van der Waals surface area contributed by atoms with Crippen molar-refractivity contribution in [2.45, 2.75) is 18.9 Å². The van der Waals surface area contributed by atoms with Crippen molar-refractivity contribution in [3.05, 3.63) is 23.8 Å². The molecule has 2 saturated heterocycles. The molecule has 0 saturated carbocycles. The highest BCUT2D eigenvalue weighted by Gasteiger charge is 2.25. The third-order valence-corrected chi connectivity index (χ3v) is 5.78. The maximum Gasteiger partial charge on any atom is 0.224 e. The van der Waals surface area contributed by atoms with Crippen LogP contribution in [-0.2, 0) is 16.0 Å². The van der Waals surface area contributed by atoms with Gasteiger partial charge >= 0.3 is 0 Å². The number of benzene rings is 1. The number of fused-ring (bicyclic) bond motifs is 1. The number of piperazine rings is 1. The molecule has 7 heteroatoms. The van der Waals surface area contributed by atoms with E-state index in [2.05, 4.69) is 26.1 Å². The Bertz CT molecular complexity index is 655. The van der Waals surface area contributed by atoms with Crippen molar-refractivity contribution in [1.29, 1.82) is 0 Å². The minimum atomic E-state index is -0.311. The smallest absolute Gasteiger partial charge is 0.224 e. The van der Waals surface area contributed by atoms with E-state index in [4.69, 9.17) is 4.74 Å². The van der Waals surface area contributed by atoms with E-state index < -0.39 is 0 Å². The van der Waals surface area contributed by atoms with Gasteiger partial charge in [-0.2, -0.15) is 0 Å². The molecule has 3 aliphatic rings. The Hall–Kier alpha value is -1.67. The lowest BCUT2D eigenvalue weighted by Crippen LogP contribution is -2.51. The van der Waals surface area contributed by atoms with Gasteiger partial charge in [0.15, 0.2) is 0 Å². The number of rotatable bonds is 5. The first kappa shape index (κ1) is 18.7. The number of hydrogen-bond donors (Lipinski definition) is 2. The Morgan fingerprint density at radius 1 is 1.00 bits per heavy atom. The van der Waals surface area contributed by atoms with Crippen LogP contribution in [0.25, 0.3) is 0 Å². The maximum absolute atomic E-state index is 11.6. The van der Waals surface area contributed by atoms with Gasteiger partial charge in [0.25, 0.3) is 0 Å². The zero-order valence-corrected chi connectivity index (χ0v) is 15.9. The van der Waals surface area contributed by atoms with Gasteiger partial charge < -0.3 is 20.1 Å². The monoisotopic (exact) mass is 374 g/mol. The van der Waals surface area contributed by atoms with Gasteiger partial charge in [0.1, 0.15) is 0 Å². The highest BCUT2D eigenvalue weighted by molar-refractivity contribution is 5.95. The Kier molecular flexibility index (Phi) is 5.92. The number of carbonyl (C=O) groups is 1. The number of carbonyl (C=O) groups excluding carboxylic acids is 1. The van der Waals surface area contributed by atoms with Crippen LogP contribution >= 0.6 is 0 Å². The molecule has 0 aliphatic carbocycles. The van der Waals surface area contributed by atoms with E-state index >= 15 is 0 Å². The van der Waals surface area contributed by atoms with Gasteiger partial charge in [-0.15, -0.1) is 0 Å². The Labute approximate surface area is 160 Å². The van der Waals surface area contributed by atoms with Crippen molar-refractivity contribution >= 4 is 17.3 Å². The minimum Gasteiger partial charge on any atom is -0.390 e. The molecular formula is C20H30N4O3. The standard InChI is InChI=1S/C20H30N4O3/c25-16(15-23-10-12-27-13-11-23)14-22-6-8-24(9-7-22)19-3-1-2-18-17(19)4-5-20(26)21-18/h1-3,16,25H,4-15H2,(H,21,26). The summed E-state index contributed by atoms with van der Waals surface area (Å²) in [6, 6.07) is 6.19. The van der Waals surface area contributed by atoms with Gasteiger partial charge in [-0.1, -0.05) is 6.07 Å². The average Bonchev–Trinajstić information content (AvgIpc) is 2.68. The minimum absolute atomic E-state index is 0.110. The summed E-state index contributed by atoms with van der Waals surface area (Å²) in [5.74, 6) is 0.110. The lowest BCUT2D eigenvalue weighted by molar-refractivity contribution is -0.116. The second kappa shape index (κ2) is 8.56. The highest BCUT2D eigenvalue weighted by Crippen LogP contribution is 2.32. The van der Waals surface area contributed by atoms with Crippen LogP contribution in [0.3, 0.4) is 0 Å². The van der Waals surface area contributed by atoms with Crippen LogP contribution in [0.5, 0.6) is 0 Å². The summed E-state index contributed by atoms with van der Waals surface area (Å²) in [6.45, 7) is 8.65. The third-order valence-electron chi connectivity index (χ3n) is 5.78. The number of nitrogens with one attached hydrogen (secondary N) is 1. The number of aliphatic hydroxyl groups is 1. The fraction of sp³-hybridized carbons (Fsp3) is 0.650. The van der Waals surface area contributed by atoms with Crippen LogP contribution in [0.1, 0.15) is 12.0 Å². The zero-order valence-electron chi connectivity index (χ0n) is 15.9. The normalized spacial score (nSPS) is 23.0. The molecule has 2 fully saturated rings. The highest BCUT2D eigenvalue weighted by atomic mass is 16.5. The van der Waals surface area contributed by atoms with E-state index in [1.165, 1.54) is 11.3 Å². The molecule has 3 heterocycles. The first-order valence-corrected chi connectivity index (χ1v) is 10.1. The van der Waals surface area contributed by atoms with Gasteiger partial charge in [0.2, 0.25) is 5.91 Å². The van der Waals surface area contributed by atoms with Crippen molar-refractivity contribution in [1.82, 2.24) is 9.80 Å². The van der Waals surface area contributed by atoms with Crippen LogP contribution in [0.2, 0.25) is 0 Å². The molecule has 4 rings (SSSR count). The molecule has 148 valence electrons. The summed E-state index contributed by atoms with van der Waals surface area (Å²) in [7, 11) is 0. The molecule has 1 aromatic carbocycles. The molecule has 0 radical (unpaired) electrons. The van der Waals surface area contributed by atoms with Gasteiger partial charge in [0.05, 0.1) is 19.3 Å². The van der Waals surface area contributed by atoms with Crippen molar-refractivity contribution in [2.24, 2.45) is 0 Å². The zero-order chi connectivity index (χ0) is 18.6. The third kappa shape index (κ3) is 4.60. The lowest BCUT2D eigenvalue weighted by atomic mass is 10.00. The first-order valence-electron chi connectivity index (χ1n) is 10.1. The molecule has 2 N–H and O–H groups in total. The molecule has 7 nitrogen and oxygen atoms in total. The molecule has 27 heavy (non-hydrogen) atoms. The predicted molar refractivity (Wildman–Crippen MR) is 105 cm³/mol.